The molecular formula is C18H23N3O3S. The molecule has 134 valence electrons. The molecule has 0 aliphatic carbocycles. The Morgan fingerprint density at radius 1 is 1.00 bits per heavy atom. The molecule has 2 aromatic rings. The Morgan fingerprint density at radius 3 is 2.12 bits per heavy atom. The van der Waals surface area contributed by atoms with Gasteiger partial charge in [-0.05, 0) is 57.0 Å². The Kier molecular flexibility index (Phi) is 5.06. The number of sulfonamides is 1. The molecule has 1 aromatic carbocycles. The van der Waals surface area contributed by atoms with Crippen LogP contribution in [0.1, 0.15) is 47.4 Å². The summed E-state index contributed by atoms with van der Waals surface area (Å²) in [5, 5.41) is 4.18. The number of aromatic nitrogens is 2. The van der Waals surface area contributed by atoms with Gasteiger partial charge in [-0.25, -0.2) is 13.1 Å². The zero-order chi connectivity index (χ0) is 18.0. The number of nitrogens with zero attached hydrogens (tertiary/aromatic N) is 3. The lowest BCUT2D eigenvalue weighted by molar-refractivity contribution is 0.0942. The van der Waals surface area contributed by atoms with Crippen molar-refractivity contribution >= 4 is 15.9 Å². The first-order chi connectivity index (χ1) is 11.9. The van der Waals surface area contributed by atoms with Gasteiger partial charge in [-0.2, -0.15) is 9.40 Å². The standard InChI is InChI=1S/C18H23N3O3S/c1-14-13-15(2)21(19-14)18(22)16-7-9-17(10-8-16)25(23,24)20-11-5-3-4-6-12-20/h7-10,13H,3-6,11-12H2,1-2H3. The molecule has 0 unspecified atom stereocenters. The predicted octanol–water partition coefficient (Wildman–Crippen LogP) is 2.75. The fourth-order valence-corrected chi connectivity index (χ4v) is 4.67. The minimum Gasteiger partial charge on any atom is -0.267 e. The van der Waals surface area contributed by atoms with Gasteiger partial charge in [-0.3, -0.25) is 4.79 Å². The Bertz CT molecular complexity index is 861. The van der Waals surface area contributed by atoms with E-state index in [0.717, 1.165) is 37.1 Å². The zero-order valence-corrected chi connectivity index (χ0v) is 15.4. The SMILES string of the molecule is Cc1cc(C)n(C(=O)c2ccc(S(=O)(=O)N3CCCCCC3)cc2)n1. The number of hydrogen-bond acceptors (Lipinski definition) is 4. The van der Waals surface area contributed by atoms with E-state index in [-0.39, 0.29) is 10.8 Å². The minimum absolute atomic E-state index is 0.235. The molecule has 7 heteroatoms. The van der Waals surface area contributed by atoms with E-state index in [9.17, 15) is 13.2 Å². The lowest BCUT2D eigenvalue weighted by Gasteiger charge is -2.20. The van der Waals surface area contributed by atoms with Crippen LogP contribution in [0.4, 0.5) is 0 Å². The summed E-state index contributed by atoms with van der Waals surface area (Å²) < 4.78 is 28.4. The van der Waals surface area contributed by atoms with Crippen LogP contribution < -0.4 is 0 Å². The second kappa shape index (κ2) is 7.09. The van der Waals surface area contributed by atoms with Gasteiger partial charge in [0.1, 0.15) is 0 Å². The number of carbonyl (C=O) groups excluding carboxylic acids is 1. The molecule has 1 aromatic heterocycles. The number of carbonyl (C=O) groups is 1. The van der Waals surface area contributed by atoms with E-state index in [1.54, 1.807) is 16.4 Å². The maximum atomic E-state index is 12.8. The van der Waals surface area contributed by atoms with Crippen LogP contribution in [-0.4, -0.2) is 41.5 Å². The van der Waals surface area contributed by atoms with Gasteiger partial charge in [-0.1, -0.05) is 12.8 Å². The number of rotatable bonds is 3. The van der Waals surface area contributed by atoms with Gasteiger partial charge >= 0.3 is 0 Å². The van der Waals surface area contributed by atoms with E-state index in [2.05, 4.69) is 5.10 Å². The smallest absolute Gasteiger partial charge is 0.267 e. The molecular weight excluding hydrogens is 338 g/mol. The van der Waals surface area contributed by atoms with Gasteiger partial charge in [0.25, 0.3) is 5.91 Å². The third kappa shape index (κ3) is 3.67. The fourth-order valence-electron chi connectivity index (χ4n) is 3.16. The topological polar surface area (TPSA) is 72.3 Å². The van der Waals surface area contributed by atoms with Crippen molar-refractivity contribution in [1.82, 2.24) is 14.1 Å². The molecule has 1 saturated heterocycles. The summed E-state index contributed by atoms with van der Waals surface area (Å²) in [6.07, 6.45) is 3.94. The van der Waals surface area contributed by atoms with Gasteiger partial charge in [-0.15, -0.1) is 0 Å². The first kappa shape index (κ1) is 17.8. The van der Waals surface area contributed by atoms with Crippen LogP contribution in [-0.2, 0) is 10.0 Å². The summed E-state index contributed by atoms with van der Waals surface area (Å²) in [6, 6.07) is 7.97. The van der Waals surface area contributed by atoms with Gasteiger partial charge in [0.2, 0.25) is 10.0 Å². The summed E-state index contributed by atoms with van der Waals surface area (Å²) in [4.78, 5) is 12.8. The monoisotopic (exact) mass is 361 g/mol. The van der Waals surface area contributed by atoms with Gasteiger partial charge < -0.3 is 0 Å². The average Bonchev–Trinajstić information content (AvgIpc) is 2.81. The summed E-state index contributed by atoms with van der Waals surface area (Å²) in [5.41, 5.74) is 1.94. The van der Waals surface area contributed by atoms with Crippen LogP contribution in [0.5, 0.6) is 0 Å². The molecule has 1 aliphatic heterocycles. The molecule has 0 spiro atoms. The largest absolute Gasteiger partial charge is 0.278 e. The molecule has 0 bridgehead atoms. The second-order valence-electron chi connectivity index (χ2n) is 6.49. The van der Waals surface area contributed by atoms with E-state index < -0.39 is 10.0 Å². The van der Waals surface area contributed by atoms with Crippen molar-refractivity contribution in [2.75, 3.05) is 13.1 Å². The van der Waals surface area contributed by atoms with Crippen molar-refractivity contribution in [2.45, 2.75) is 44.4 Å². The first-order valence-electron chi connectivity index (χ1n) is 8.58. The molecule has 0 N–H and O–H groups in total. The van der Waals surface area contributed by atoms with Gasteiger partial charge in [0.15, 0.2) is 0 Å². The number of aryl methyl sites for hydroxylation is 2. The van der Waals surface area contributed by atoms with E-state index >= 15 is 0 Å². The third-order valence-electron chi connectivity index (χ3n) is 4.51. The van der Waals surface area contributed by atoms with E-state index in [0.29, 0.717) is 18.7 Å². The van der Waals surface area contributed by atoms with Crippen LogP contribution in [0.15, 0.2) is 35.2 Å². The van der Waals surface area contributed by atoms with Crippen molar-refractivity contribution < 1.29 is 13.2 Å². The number of hydrogen-bond donors (Lipinski definition) is 0. The molecule has 0 atom stereocenters. The Labute approximate surface area is 148 Å². The summed E-state index contributed by atoms with van der Waals surface area (Å²) in [6.45, 7) is 4.77. The maximum absolute atomic E-state index is 12.8. The highest BCUT2D eigenvalue weighted by molar-refractivity contribution is 7.89. The van der Waals surface area contributed by atoms with E-state index in [1.165, 1.54) is 16.8 Å². The summed E-state index contributed by atoms with van der Waals surface area (Å²) in [5.74, 6) is -0.260. The third-order valence-corrected chi connectivity index (χ3v) is 6.42. The zero-order valence-electron chi connectivity index (χ0n) is 14.6. The summed E-state index contributed by atoms with van der Waals surface area (Å²) in [7, 11) is -3.50. The highest BCUT2D eigenvalue weighted by atomic mass is 32.2. The van der Waals surface area contributed by atoms with Crippen LogP contribution in [0.3, 0.4) is 0 Å². The average molecular weight is 361 g/mol. The van der Waals surface area contributed by atoms with Crippen LogP contribution in [0, 0.1) is 13.8 Å². The van der Waals surface area contributed by atoms with Gasteiger partial charge in [0, 0.05) is 24.3 Å². The lowest BCUT2D eigenvalue weighted by atomic mass is 10.2. The quantitative estimate of drug-likeness (QED) is 0.843. The molecule has 25 heavy (non-hydrogen) atoms. The van der Waals surface area contributed by atoms with E-state index in [1.807, 2.05) is 19.9 Å². The van der Waals surface area contributed by atoms with Crippen molar-refractivity contribution in [3.63, 3.8) is 0 Å². The Morgan fingerprint density at radius 2 is 1.60 bits per heavy atom. The van der Waals surface area contributed by atoms with Crippen LogP contribution in [0.2, 0.25) is 0 Å². The predicted molar refractivity (Wildman–Crippen MR) is 95.1 cm³/mol. The van der Waals surface area contributed by atoms with Crippen molar-refractivity contribution in [3.05, 3.63) is 47.3 Å². The van der Waals surface area contributed by atoms with Crippen LogP contribution >= 0.6 is 0 Å². The van der Waals surface area contributed by atoms with Crippen molar-refractivity contribution in [1.29, 1.82) is 0 Å². The molecule has 1 aliphatic rings. The first-order valence-corrected chi connectivity index (χ1v) is 10.0. The van der Waals surface area contributed by atoms with Gasteiger partial charge in [0.05, 0.1) is 10.6 Å². The Hall–Kier alpha value is -1.99. The van der Waals surface area contributed by atoms with E-state index in [4.69, 9.17) is 0 Å². The maximum Gasteiger partial charge on any atom is 0.278 e. The molecule has 3 rings (SSSR count). The highest BCUT2D eigenvalue weighted by Gasteiger charge is 2.25. The molecule has 0 saturated carbocycles. The molecule has 1 fully saturated rings. The second-order valence-corrected chi connectivity index (χ2v) is 8.42. The molecule has 2 heterocycles. The Balaban J connectivity index is 1.84. The van der Waals surface area contributed by atoms with Crippen LogP contribution in [0.25, 0.3) is 0 Å². The molecule has 6 nitrogen and oxygen atoms in total. The van der Waals surface area contributed by atoms with Crippen molar-refractivity contribution in [3.8, 4) is 0 Å². The molecule has 0 radical (unpaired) electrons. The highest BCUT2D eigenvalue weighted by Crippen LogP contribution is 2.21. The lowest BCUT2D eigenvalue weighted by Crippen LogP contribution is -2.31. The summed E-state index contributed by atoms with van der Waals surface area (Å²) >= 11 is 0. The normalized spacial score (nSPS) is 16.6. The van der Waals surface area contributed by atoms with Crippen molar-refractivity contribution in [2.24, 2.45) is 0 Å². The fraction of sp³-hybridized carbons (Fsp3) is 0.444. The number of benzene rings is 1. The minimum atomic E-state index is -3.50. The molecule has 0 amide bonds.